The molecule has 0 radical (unpaired) electrons. The molecule has 1 aromatic carbocycles. The van der Waals surface area contributed by atoms with E-state index in [1.54, 1.807) is 35.0 Å². The average Bonchev–Trinajstić information content (AvgIpc) is 3.08. The first-order valence-corrected chi connectivity index (χ1v) is 7.19. The summed E-state index contributed by atoms with van der Waals surface area (Å²) in [5, 5.41) is 23.5. The Kier molecular flexibility index (Phi) is 7.49. The molecule has 27 heavy (non-hydrogen) atoms. The van der Waals surface area contributed by atoms with E-state index < -0.39 is 17.9 Å². The normalized spacial score (nSPS) is 9.59. The summed E-state index contributed by atoms with van der Waals surface area (Å²) in [7, 11) is 0. The molecule has 0 aliphatic carbocycles. The number of nitrogens with two attached hydrogens (primary N) is 2. The fraction of sp³-hybridized carbons (Fsp3) is 0. The molecule has 10 nitrogen and oxygen atoms in total. The lowest BCUT2D eigenvalue weighted by atomic mass is 10.2. The molecule has 10 heteroatoms. The van der Waals surface area contributed by atoms with Crippen molar-refractivity contribution in [1.82, 2.24) is 4.57 Å². The fourth-order valence-corrected chi connectivity index (χ4v) is 1.80. The van der Waals surface area contributed by atoms with E-state index in [-0.39, 0.29) is 11.5 Å². The van der Waals surface area contributed by atoms with E-state index in [4.69, 9.17) is 15.8 Å². The summed E-state index contributed by atoms with van der Waals surface area (Å²) in [5.41, 5.74) is 9.97. The van der Waals surface area contributed by atoms with E-state index >= 15 is 0 Å². The lowest BCUT2D eigenvalue weighted by Crippen LogP contribution is -2.20. The van der Waals surface area contributed by atoms with Gasteiger partial charge in [0.25, 0.3) is 0 Å². The van der Waals surface area contributed by atoms with Crippen LogP contribution in [0.2, 0.25) is 0 Å². The summed E-state index contributed by atoms with van der Waals surface area (Å²) in [6.07, 6.45) is 2.87. The van der Waals surface area contributed by atoms with Crippen molar-refractivity contribution >= 4 is 23.9 Å². The van der Waals surface area contributed by atoms with Gasteiger partial charge in [0.15, 0.2) is 5.96 Å². The molecule has 0 aliphatic rings. The Morgan fingerprint density at radius 1 is 1.19 bits per heavy atom. The number of aliphatic carboxylic acids is 1. The number of rotatable bonds is 4. The molecule has 0 aliphatic heterocycles. The first-order chi connectivity index (χ1) is 12.7. The Bertz CT molecular complexity index is 935. The van der Waals surface area contributed by atoms with Crippen LogP contribution < -0.4 is 11.5 Å². The zero-order valence-electron chi connectivity index (χ0n) is 13.8. The summed E-state index contributed by atoms with van der Waals surface area (Å²) in [4.78, 5) is 33.5. The third kappa shape index (κ3) is 6.94. The largest absolute Gasteiger partial charge is 0.478 e. The molecule has 0 spiro atoms. The van der Waals surface area contributed by atoms with Crippen LogP contribution in [0.3, 0.4) is 0 Å². The van der Waals surface area contributed by atoms with Gasteiger partial charge in [-0.1, -0.05) is 6.07 Å². The molecular formula is C17H15N5O5. The second kappa shape index (κ2) is 9.80. The van der Waals surface area contributed by atoms with Crippen molar-refractivity contribution in [3.63, 3.8) is 0 Å². The van der Waals surface area contributed by atoms with Crippen molar-refractivity contribution in [1.29, 1.82) is 10.7 Å². The smallest absolute Gasteiger partial charge is 0.346 e. The molecule has 6 N–H and O–H groups in total. The van der Waals surface area contributed by atoms with Gasteiger partial charge in [-0.2, -0.15) is 5.26 Å². The number of aromatic nitrogens is 1. The Balaban J connectivity index is 0.000000828. The van der Waals surface area contributed by atoms with Crippen LogP contribution in [0.15, 0.2) is 54.7 Å². The number of carbonyl (C=O) groups is 3. The molecule has 0 bridgehead atoms. The van der Waals surface area contributed by atoms with Gasteiger partial charge in [-0.25, -0.2) is 14.4 Å². The van der Waals surface area contributed by atoms with Gasteiger partial charge in [-0.05, 0) is 30.3 Å². The highest BCUT2D eigenvalue weighted by atomic mass is 16.6. The SMILES string of the molecule is N#Cc1cccn1-c1cccc(C(=O)OC(=O)/C=C\C(=O)O)c1.N=C(N)N. The Labute approximate surface area is 153 Å². The Morgan fingerprint density at radius 3 is 2.44 bits per heavy atom. The first-order valence-electron chi connectivity index (χ1n) is 7.19. The van der Waals surface area contributed by atoms with Crippen LogP contribution in [0, 0.1) is 16.7 Å². The summed E-state index contributed by atoms with van der Waals surface area (Å²) < 4.78 is 6.09. The molecular weight excluding hydrogens is 354 g/mol. The Hall–Kier alpha value is -4.39. The number of nitrogens with one attached hydrogen (secondary N) is 1. The van der Waals surface area contributed by atoms with Crippen LogP contribution in [0.5, 0.6) is 0 Å². The molecule has 1 heterocycles. The van der Waals surface area contributed by atoms with Crippen LogP contribution in [-0.4, -0.2) is 33.5 Å². The average molecular weight is 369 g/mol. The van der Waals surface area contributed by atoms with Crippen molar-refractivity contribution in [2.75, 3.05) is 0 Å². The molecule has 1 aromatic heterocycles. The predicted octanol–water partition coefficient (Wildman–Crippen LogP) is 0.512. The van der Waals surface area contributed by atoms with Gasteiger partial charge in [0.2, 0.25) is 0 Å². The lowest BCUT2D eigenvalue weighted by molar-refractivity contribution is -0.134. The van der Waals surface area contributed by atoms with E-state index in [9.17, 15) is 14.4 Å². The minimum absolute atomic E-state index is 0.0946. The van der Waals surface area contributed by atoms with Gasteiger partial charge < -0.3 is 25.9 Å². The minimum Gasteiger partial charge on any atom is -0.478 e. The minimum atomic E-state index is -1.33. The quantitative estimate of drug-likeness (QED) is 0.197. The monoisotopic (exact) mass is 369 g/mol. The van der Waals surface area contributed by atoms with Crippen LogP contribution in [-0.2, 0) is 14.3 Å². The maximum atomic E-state index is 11.9. The third-order valence-electron chi connectivity index (χ3n) is 2.78. The molecule has 0 saturated heterocycles. The number of esters is 2. The zero-order valence-corrected chi connectivity index (χ0v) is 13.8. The van der Waals surface area contributed by atoms with Gasteiger partial charge in [0, 0.05) is 24.0 Å². The summed E-state index contributed by atoms with van der Waals surface area (Å²) in [5.74, 6) is -3.66. The van der Waals surface area contributed by atoms with E-state index in [0.29, 0.717) is 23.5 Å². The van der Waals surface area contributed by atoms with E-state index in [1.807, 2.05) is 6.07 Å². The molecule has 0 amide bonds. The van der Waals surface area contributed by atoms with Crippen molar-refractivity contribution in [3.8, 4) is 11.8 Å². The fourth-order valence-electron chi connectivity index (χ4n) is 1.80. The van der Waals surface area contributed by atoms with Gasteiger partial charge in [-0.3, -0.25) is 5.41 Å². The van der Waals surface area contributed by atoms with Crippen LogP contribution in [0.1, 0.15) is 16.1 Å². The van der Waals surface area contributed by atoms with Crippen LogP contribution in [0.4, 0.5) is 0 Å². The standard InChI is InChI=1S/C16H10N2O5.CH5N3/c17-10-13-5-2-8-18(13)12-4-1-3-11(9-12)16(22)23-15(21)7-6-14(19)20;2-1(3)4/h1-9H,(H,19,20);(H5,2,3,4)/b7-6-;. The lowest BCUT2D eigenvalue weighted by Gasteiger charge is -2.06. The number of hydrogen-bond donors (Lipinski definition) is 4. The summed E-state index contributed by atoms with van der Waals surface area (Å²) in [6, 6.07) is 11.5. The number of nitrogens with zero attached hydrogens (tertiary/aromatic N) is 2. The predicted molar refractivity (Wildman–Crippen MR) is 93.8 cm³/mol. The summed E-state index contributed by atoms with van der Waals surface area (Å²) in [6.45, 7) is 0. The maximum Gasteiger partial charge on any atom is 0.346 e. The van der Waals surface area contributed by atoms with E-state index in [0.717, 1.165) is 0 Å². The first kappa shape index (κ1) is 20.7. The Morgan fingerprint density at radius 2 is 1.85 bits per heavy atom. The van der Waals surface area contributed by atoms with E-state index in [1.165, 1.54) is 12.1 Å². The number of guanidine groups is 1. The number of nitriles is 1. The molecule has 0 atom stereocenters. The van der Waals surface area contributed by atoms with Crippen LogP contribution >= 0.6 is 0 Å². The van der Waals surface area contributed by atoms with Gasteiger partial charge in [0.1, 0.15) is 11.8 Å². The van der Waals surface area contributed by atoms with E-state index in [2.05, 4.69) is 16.2 Å². The molecule has 2 rings (SSSR count). The van der Waals surface area contributed by atoms with Crippen molar-refractivity contribution in [2.24, 2.45) is 11.5 Å². The number of ether oxygens (including phenoxy) is 1. The number of benzene rings is 1. The van der Waals surface area contributed by atoms with Gasteiger partial charge >= 0.3 is 17.9 Å². The molecule has 0 unspecified atom stereocenters. The van der Waals surface area contributed by atoms with Crippen molar-refractivity contribution in [3.05, 3.63) is 66.0 Å². The molecule has 2 aromatic rings. The van der Waals surface area contributed by atoms with Crippen molar-refractivity contribution < 1.29 is 24.2 Å². The van der Waals surface area contributed by atoms with Gasteiger partial charge in [-0.15, -0.1) is 0 Å². The summed E-state index contributed by atoms with van der Waals surface area (Å²) >= 11 is 0. The number of carboxylic acids is 1. The number of hydrogen-bond acceptors (Lipinski definition) is 6. The highest BCUT2D eigenvalue weighted by Gasteiger charge is 2.13. The van der Waals surface area contributed by atoms with Crippen molar-refractivity contribution in [2.45, 2.75) is 0 Å². The maximum absolute atomic E-state index is 11.9. The zero-order chi connectivity index (χ0) is 20.4. The van der Waals surface area contributed by atoms with Crippen LogP contribution in [0.25, 0.3) is 5.69 Å². The second-order valence-corrected chi connectivity index (χ2v) is 4.76. The number of carbonyl (C=O) groups excluding carboxylic acids is 2. The highest BCUT2D eigenvalue weighted by molar-refractivity contribution is 6.01. The molecule has 138 valence electrons. The molecule has 0 fully saturated rings. The second-order valence-electron chi connectivity index (χ2n) is 4.76. The third-order valence-corrected chi connectivity index (χ3v) is 2.78. The highest BCUT2D eigenvalue weighted by Crippen LogP contribution is 2.15. The topological polar surface area (TPSA) is 185 Å². The van der Waals surface area contributed by atoms with Gasteiger partial charge in [0.05, 0.1) is 5.56 Å². The molecule has 0 saturated carbocycles. The number of carboxylic acid groups (broad SMARTS) is 1.